The van der Waals surface area contributed by atoms with Gasteiger partial charge in [0.05, 0.1) is 9.79 Å². The normalized spacial score (nSPS) is 21.0. The van der Waals surface area contributed by atoms with Crippen molar-refractivity contribution in [2.24, 2.45) is 0 Å². The van der Waals surface area contributed by atoms with Crippen LogP contribution in [0.1, 0.15) is 51.7 Å². The topological polar surface area (TPSA) is 74.8 Å². The summed E-state index contributed by atoms with van der Waals surface area (Å²) in [7, 11) is -7.42. The molecule has 0 aliphatic carbocycles. The molecule has 6 nitrogen and oxygen atoms in total. The minimum Gasteiger partial charge on any atom is -0.207 e. The molecule has 176 valence electrons. The van der Waals surface area contributed by atoms with Gasteiger partial charge < -0.3 is 0 Å². The molecule has 2 aromatic rings. The molecule has 2 aromatic carbocycles. The summed E-state index contributed by atoms with van der Waals surface area (Å²) in [5.41, 5.74) is 2.21. The quantitative estimate of drug-likeness (QED) is 0.573. The molecule has 1 saturated heterocycles. The first-order valence-electron chi connectivity index (χ1n) is 11.3. The van der Waals surface area contributed by atoms with Gasteiger partial charge in [0.1, 0.15) is 0 Å². The Bertz CT molecular complexity index is 1020. The lowest BCUT2D eigenvalue weighted by molar-refractivity contribution is 0.163. The van der Waals surface area contributed by atoms with Crippen molar-refractivity contribution >= 4 is 20.0 Å². The van der Waals surface area contributed by atoms with Crippen molar-refractivity contribution in [1.82, 2.24) is 8.61 Å². The van der Waals surface area contributed by atoms with Crippen LogP contribution in [0.2, 0.25) is 0 Å². The number of sulfonamides is 2. The summed E-state index contributed by atoms with van der Waals surface area (Å²) >= 11 is 0. The zero-order chi connectivity index (χ0) is 23.5. The molecule has 2 unspecified atom stereocenters. The first kappa shape index (κ1) is 24.9. The Kier molecular flexibility index (Phi) is 7.81. The van der Waals surface area contributed by atoms with Crippen LogP contribution in [0.5, 0.6) is 0 Å². The van der Waals surface area contributed by atoms with Crippen LogP contribution in [0.25, 0.3) is 0 Å². The van der Waals surface area contributed by atoms with Crippen molar-refractivity contribution in [3.05, 3.63) is 59.7 Å². The number of nitrogens with zero attached hydrogens (tertiary/aromatic N) is 2. The van der Waals surface area contributed by atoms with Crippen LogP contribution in [-0.4, -0.2) is 50.6 Å². The second-order valence-corrected chi connectivity index (χ2v) is 12.4. The highest BCUT2D eigenvalue weighted by Crippen LogP contribution is 2.28. The Balaban J connectivity index is 1.81. The third kappa shape index (κ3) is 5.09. The fourth-order valence-corrected chi connectivity index (χ4v) is 7.64. The lowest BCUT2D eigenvalue weighted by atomic mass is 10.1. The predicted molar refractivity (Wildman–Crippen MR) is 128 cm³/mol. The van der Waals surface area contributed by atoms with Gasteiger partial charge in [0, 0.05) is 25.2 Å². The fraction of sp³-hybridized carbons (Fsp3) is 0.500. The average Bonchev–Trinajstić information content (AvgIpc) is 2.76. The smallest absolute Gasteiger partial charge is 0.207 e. The lowest BCUT2D eigenvalue weighted by Gasteiger charge is -2.42. The van der Waals surface area contributed by atoms with E-state index in [1.807, 2.05) is 24.3 Å². The van der Waals surface area contributed by atoms with Crippen molar-refractivity contribution in [3.63, 3.8) is 0 Å². The summed E-state index contributed by atoms with van der Waals surface area (Å²) in [6.07, 6.45) is 3.81. The number of benzene rings is 2. The summed E-state index contributed by atoms with van der Waals surface area (Å²) in [5, 5.41) is 0. The standard InChI is InChI=1S/C24H34N2O4S2/c1-5-7-21-9-13-23(14-10-21)31(27,28)25-17-20(4)26(18-19(25)3)32(29,30)24-15-11-22(8-6-2)12-16-24/h9-16,19-20H,5-8,17-18H2,1-4H3. The van der Waals surface area contributed by atoms with E-state index in [4.69, 9.17) is 0 Å². The molecule has 1 aliphatic rings. The van der Waals surface area contributed by atoms with Crippen LogP contribution < -0.4 is 0 Å². The van der Waals surface area contributed by atoms with Crippen molar-refractivity contribution < 1.29 is 16.8 Å². The van der Waals surface area contributed by atoms with E-state index < -0.39 is 32.1 Å². The van der Waals surface area contributed by atoms with Crippen molar-refractivity contribution in [3.8, 4) is 0 Å². The van der Waals surface area contributed by atoms with Gasteiger partial charge in [-0.1, -0.05) is 51.0 Å². The third-order valence-electron chi connectivity index (χ3n) is 6.01. The molecule has 0 amide bonds. The minimum absolute atomic E-state index is 0.118. The predicted octanol–water partition coefficient (Wildman–Crippen LogP) is 4.06. The van der Waals surface area contributed by atoms with Gasteiger partial charge in [-0.25, -0.2) is 16.8 Å². The Morgan fingerprint density at radius 2 is 0.969 bits per heavy atom. The van der Waals surface area contributed by atoms with Gasteiger partial charge in [-0.2, -0.15) is 8.61 Å². The van der Waals surface area contributed by atoms with Gasteiger partial charge in [0.15, 0.2) is 0 Å². The van der Waals surface area contributed by atoms with Crippen molar-refractivity contribution in [2.75, 3.05) is 13.1 Å². The summed E-state index contributed by atoms with van der Waals surface area (Å²) in [6.45, 7) is 7.94. The van der Waals surface area contributed by atoms with E-state index in [9.17, 15) is 16.8 Å². The zero-order valence-electron chi connectivity index (χ0n) is 19.4. The molecule has 0 saturated carbocycles. The molecule has 0 spiro atoms. The van der Waals surface area contributed by atoms with Crippen LogP contribution in [-0.2, 0) is 32.9 Å². The Morgan fingerprint density at radius 3 is 1.25 bits per heavy atom. The molecule has 0 N–H and O–H groups in total. The molecular weight excluding hydrogens is 444 g/mol. The molecule has 0 aromatic heterocycles. The van der Waals surface area contributed by atoms with Crippen LogP contribution in [0.4, 0.5) is 0 Å². The zero-order valence-corrected chi connectivity index (χ0v) is 21.0. The van der Waals surface area contributed by atoms with Gasteiger partial charge in [-0.3, -0.25) is 0 Å². The molecule has 0 bridgehead atoms. The monoisotopic (exact) mass is 478 g/mol. The molecule has 1 heterocycles. The summed E-state index contributed by atoms with van der Waals surface area (Å²) in [4.78, 5) is 0.499. The van der Waals surface area contributed by atoms with Gasteiger partial charge >= 0.3 is 0 Å². The lowest BCUT2D eigenvalue weighted by Crippen LogP contribution is -2.59. The second-order valence-electron chi connectivity index (χ2n) is 8.64. The highest BCUT2D eigenvalue weighted by atomic mass is 32.2. The third-order valence-corrected chi connectivity index (χ3v) is 10.00. The molecule has 32 heavy (non-hydrogen) atoms. The van der Waals surface area contributed by atoms with Crippen LogP contribution in [0.15, 0.2) is 58.3 Å². The molecule has 1 aliphatic heterocycles. The first-order chi connectivity index (χ1) is 15.1. The van der Waals surface area contributed by atoms with Crippen molar-refractivity contribution in [2.45, 2.75) is 75.3 Å². The minimum atomic E-state index is -3.71. The molecular formula is C24H34N2O4S2. The maximum absolute atomic E-state index is 13.3. The Hall–Kier alpha value is -1.74. The Labute approximate surface area is 193 Å². The van der Waals surface area contributed by atoms with E-state index in [0.29, 0.717) is 0 Å². The molecule has 0 radical (unpaired) electrons. The van der Waals surface area contributed by atoms with Crippen LogP contribution in [0.3, 0.4) is 0 Å². The van der Waals surface area contributed by atoms with Crippen LogP contribution >= 0.6 is 0 Å². The summed E-state index contributed by atoms with van der Waals surface area (Å²) in [5.74, 6) is 0. The second kappa shape index (κ2) is 10.0. The van der Waals surface area contributed by atoms with Gasteiger partial charge in [-0.05, 0) is 62.1 Å². The van der Waals surface area contributed by atoms with Crippen LogP contribution in [0, 0.1) is 0 Å². The van der Waals surface area contributed by atoms with Gasteiger partial charge in [0.25, 0.3) is 0 Å². The van der Waals surface area contributed by atoms with Gasteiger partial charge in [-0.15, -0.1) is 0 Å². The first-order valence-corrected chi connectivity index (χ1v) is 14.2. The van der Waals surface area contributed by atoms with E-state index in [2.05, 4.69) is 13.8 Å². The summed E-state index contributed by atoms with van der Waals surface area (Å²) < 4.78 is 56.0. The van der Waals surface area contributed by atoms with E-state index in [-0.39, 0.29) is 22.9 Å². The maximum atomic E-state index is 13.3. The number of hydrogen-bond donors (Lipinski definition) is 0. The molecule has 1 fully saturated rings. The maximum Gasteiger partial charge on any atom is 0.243 e. The highest BCUT2D eigenvalue weighted by Gasteiger charge is 2.41. The number of hydrogen-bond acceptors (Lipinski definition) is 4. The SMILES string of the molecule is CCCc1ccc(S(=O)(=O)N2CC(C)N(S(=O)(=O)c3ccc(CCC)cc3)CC2C)cc1. The molecule has 2 atom stereocenters. The van der Waals surface area contributed by atoms with Gasteiger partial charge in [0.2, 0.25) is 20.0 Å². The van der Waals surface area contributed by atoms with E-state index in [0.717, 1.165) is 36.8 Å². The average molecular weight is 479 g/mol. The Morgan fingerprint density at radius 1 is 0.656 bits per heavy atom. The number of rotatable bonds is 8. The largest absolute Gasteiger partial charge is 0.243 e. The number of piperazine rings is 1. The fourth-order valence-electron chi connectivity index (χ4n) is 4.24. The van der Waals surface area contributed by atoms with E-state index >= 15 is 0 Å². The van der Waals surface area contributed by atoms with Crippen molar-refractivity contribution in [1.29, 1.82) is 0 Å². The molecule has 8 heteroatoms. The van der Waals surface area contributed by atoms with E-state index in [1.165, 1.54) is 8.61 Å². The molecule has 3 rings (SSSR count). The number of aryl methyl sites for hydroxylation is 2. The summed E-state index contributed by atoms with van der Waals surface area (Å²) in [6, 6.07) is 13.1. The highest BCUT2D eigenvalue weighted by molar-refractivity contribution is 7.89. The van der Waals surface area contributed by atoms with E-state index in [1.54, 1.807) is 38.1 Å².